The molecule has 1 atom stereocenters. The van der Waals surface area contributed by atoms with Crippen molar-refractivity contribution in [2.75, 3.05) is 11.9 Å². The van der Waals surface area contributed by atoms with E-state index >= 15 is 0 Å². The Kier molecular flexibility index (Phi) is 5.39. The number of rotatable bonds is 4. The molecule has 5 nitrogen and oxygen atoms in total. The molecule has 1 unspecified atom stereocenters. The Balaban J connectivity index is 1.96. The van der Waals surface area contributed by atoms with Gasteiger partial charge >= 0.3 is 5.97 Å². The Bertz CT molecular complexity index is 819. The lowest BCUT2D eigenvalue weighted by Gasteiger charge is -2.18. The monoisotopic (exact) mass is 378 g/mol. The highest BCUT2D eigenvalue weighted by atomic mass is 35.5. The summed E-state index contributed by atoms with van der Waals surface area (Å²) in [5.41, 5.74) is 1.77. The number of anilines is 1. The number of nitrogens with one attached hydrogen (secondary N) is 1. The summed E-state index contributed by atoms with van der Waals surface area (Å²) in [5.74, 6) is -0.199. The van der Waals surface area contributed by atoms with E-state index in [2.05, 4.69) is 17.2 Å². The lowest BCUT2D eigenvalue weighted by molar-refractivity contribution is 0.0526. The lowest BCUT2D eigenvalue weighted by Crippen LogP contribution is -2.17. The van der Waals surface area contributed by atoms with E-state index in [1.165, 1.54) is 17.5 Å². The molecule has 1 amide bonds. The van der Waals surface area contributed by atoms with Gasteiger partial charge in [0.25, 0.3) is 5.91 Å². The third-order valence-electron chi connectivity index (χ3n) is 4.22. The number of pyridine rings is 1. The quantitative estimate of drug-likeness (QED) is 0.634. The molecule has 0 aliphatic heterocycles. The highest BCUT2D eigenvalue weighted by molar-refractivity contribution is 7.17. The summed E-state index contributed by atoms with van der Waals surface area (Å²) in [4.78, 5) is 30.1. The van der Waals surface area contributed by atoms with Gasteiger partial charge in [-0.2, -0.15) is 0 Å². The van der Waals surface area contributed by atoms with Crippen molar-refractivity contribution in [1.82, 2.24) is 4.98 Å². The van der Waals surface area contributed by atoms with Crippen LogP contribution >= 0.6 is 22.9 Å². The molecule has 0 spiro atoms. The number of nitrogens with zero attached hydrogens (tertiary/aromatic N) is 1. The van der Waals surface area contributed by atoms with Crippen LogP contribution in [0.1, 0.15) is 51.4 Å². The maximum absolute atomic E-state index is 12.6. The minimum atomic E-state index is -0.387. The average molecular weight is 379 g/mol. The number of carbonyl (C=O) groups is 2. The predicted molar refractivity (Wildman–Crippen MR) is 98.7 cm³/mol. The molecule has 2 aromatic rings. The maximum atomic E-state index is 12.6. The molecule has 2 aromatic heterocycles. The first-order valence-electron chi connectivity index (χ1n) is 8.24. The number of aromatic nitrogens is 1. The van der Waals surface area contributed by atoms with Crippen molar-refractivity contribution in [3.63, 3.8) is 0 Å². The minimum Gasteiger partial charge on any atom is -0.462 e. The zero-order valence-corrected chi connectivity index (χ0v) is 15.7. The summed E-state index contributed by atoms with van der Waals surface area (Å²) in [6, 6.07) is 3.25. The van der Waals surface area contributed by atoms with Crippen molar-refractivity contribution in [2.45, 2.75) is 33.1 Å². The molecule has 7 heteroatoms. The van der Waals surface area contributed by atoms with Crippen LogP contribution in [0.15, 0.2) is 18.3 Å². The van der Waals surface area contributed by atoms with Gasteiger partial charge in [0.1, 0.15) is 10.2 Å². The normalized spacial score (nSPS) is 16.2. The van der Waals surface area contributed by atoms with Gasteiger partial charge in [-0.25, -0.2) is 9.78 Å². The van der Waals surface area contributed by atoms with Crippen LogP contribution in [0.2, 0.25) is 5.15 Å². The van der Waals surface area contributed by atoms with E-state index in [1.54, 1.807) is 19.1 Å². The molecule has 25 heavy (non-hydrogen) atoms. The van der Waals surface area contributed by atoms with Crippen molar-refractivity contribution in [1.29, 1.82) is 0 Å². The molecule has 0 saturated carbocycles. The summed E-state index contributed by atoms with van der Waals surface area (Å²) in [7, 11) is 0. The Labute approximate surface area is 155 Å². The standard InChI is InChI=1S/C18H19ClN2O3S/c1-3-24-18(23)14-11-7-6-10(2)9-13(11)25-17(14)21-16(22)12-5-4-8-20-15(12)19/h4-5,8,10H,3,6-7,9H2,1-2H3,(H,21,22). The van der Waals surface area contributed by atoms with Crippen LogP contribution in [0, 0.1) is 5.92 Å². The first kappa shape index (κ1) is 17.9. The third-order valence-corrected chi connectivity index (χ3v) is 5.69. The van der Waals surface area contributed by atoms with E-state index in [0.717, 1.165) is 29.7 Å². The van der Waals surface area contributed by atoms with Crippen LogP contribution in [0.5, 0.6) is 0 Å². The van der Waals surface area contributed by atoms with E-state index < -0.39 is 0 Å². The number of ether oxygens (including phenoxy) is 1. The van der Waals surface area contributed by atoms with Gasteiger partial charge in [-0.1, -0.05) is 18.5 Å². The number of halogens is 1. The van der Waals surface area contributed by atoms with Crippen LogP contribution < -0.4 is 5.32 Å². The van der Waals surface area contributed by atoms with E-state index in [-0.39, 0.29) is 22.6 Å². The second-order valence-electron chi connectivity index (χ2n) is 6.07. The topological polar surface area (TPSA) is 68.3 Å². The summed E-state index contributed by atoms with van der Waals surface area (Å²) in [6.45, 7) is 4.26. The van der Waals surface area contributed by atoms with Gasteiger partial charge < -0.3 is 10.1 Å². The van der Waals surface area contributed by atoms with Gasteiger partial charge in [0.05, 0.1) is 17.7 Å². The highest BCUT2D eigenvalue weighted by Gasteiger charge is 2.29. The first-order valence-corrected chi connectivity index (χ1v) is 9.44. The number of fused-ring (bicyclic) bond motifs is 1. The number of hydrogen-bond donors (Lipinski definition) is 1. The molecule has 1 aliphatic carbocycles. The Morgan fingerprint density at radius 3 is 3.00 bits per heavy atom. The number of amides is 1. The van der Waals surface area contributed by atoms with Crippen LogP contribution in [0.4, 0.5) is 5.00 Å². The molecule has 0 aromatic carbocycles. The van der Waals surface area contributed by atoms with Gasteiger partial charge in [-0.05, 0) is 49.8 Å². The second kappa shape index (κ2) is 7.54. The fourth-order valence-electron chi connectivity index (χ4n) is 2.98. The summed E-state index contributed by atoms with van der Waals surface area (Å²) in [5, 5.41) is 3.50. The van der Waals surface area contributed by atoms with Crippen LogP contribution in [0.25, 0.3) is 0 Å². The Hall–Kier alpha value is -1.92. The van der Waals surface area contributed by atoms with Gasteiger partial charge in [0, 0.05) is 11.1 Å². The maximum Gasteiger partial charge on any atom is 0.341 e. The molecular weight excluding hydrogens is 360 g/mol. The molecule has 1 aliphatic rings. The third kappa shape index (κ3) is 3.70. The van der Waals surface area contributed by atoms with E-state index in [0.29, 0.717) is 23.1 Å². The fourth-order valence-corrected chi connectivity index (χ4v) is 4.58. The average Bonchev–Trinajstić information content (AvgIpc) is 2.92. The second-order valence-corrected chi connectivity index (χ2v) is 7.54. The lowest BCUT2D eigenvalue weighted by atomic mass is 9.88. The Morgan fingerprint density at radius 2 is 2.28 bits per heavy atom. The van der Waals surface area contributed by atoms with Crippen LogP contribution in [-0.4, -0.2) is 23.5 Å². The molecule has 3 rings (SSSR count). The van der Waals surface area contributed by atoms with Gasteiger partial charge in [0.15, 0.2) is 0 Å². The zero-order chi connectivity index (χ0) is 18.0. The number of hydrogen-bond acceptors (Lipinski definition) is 5. The molecule has 0 saturated heterocycles. The van der Waals surface area contributed by atoms with Crippen molar-refractivity contribution >= 4 is 39.8 Å². The van der Waals surface area contributed by atoms with Crippen LogP contribution in [-0.2, 0) is 17.6 Å². The first-order chi connectivity index (χ1) is 12.0. The number of thiophene rings is 1. The SMILES string of the molecule is CCOC(=O)c1c(NC(=O)c2cccnc2Cl)sc2c1CCC(C)C2. The molecule has 1 N–H and O–H groups in total. The minimum absolute atomic E-state index is 0.132. The smallest absolute Gasteiger partial charge is 0.341 e. The molecule has 132 valence electrons. The molecule has 0 radical (unpaired) electrons. The van der Waals surface area contributed by atoms with Crippen molar-refractivity contribution in [3.8, 4) is 0 Å². The Morgan fingerprint density at radius 1 is 1.48 bits per heavy atom. The summed E-state index contributed by atoms with van der Waals surface area (Å²) < 4.78 is 5.21. The van der Waals surface area contributed by atoms with Crippen LogP contribution in [0.3, 0.4) is 0 Å². The van der Waals surface area contributed by atoms with Crippen molar-refractivity contribution in [3.05, 3.63) is 45.1 Å². The highest BCUT2D eigenvalue weighted by Crippen LogP contribution is 2.40. The van der Waals surface area contributed by atoms with Gasteiger partial charge in [-0.3, -0.25) is 4.79 Å². The number of carbonyl (C=O) groups excluding carboxylic acids is 2. The zero-order valence-electron chi connectivity index (χ0n) is 14.1. The molecule has 0 fully saturated rings. The summed E-state index contributed by atoms with van der Waals surface area (Å²) in [6.07, 6.45) is 4.28. The summed E-state index contributed by atoms with van der Waals surface area (Å²) >= 11 is 7.45. The number of esters is 1. The molecule has 0 bridgehead atoms. The van der Waals surface area contributed by atoms with Gasteiger partial charge in [-0.15, -0.1) is 11.3 Å². The van der Waals surface area contributed by atoms with Gasteiger partial charge in [0.2, 0.25) is 0 Å². The van der Waals surface area contributed by atoms with E-state index in [9.17, 15) is 9.59 Å². The fraction of sp³-hybridized carbons (Fsp3) is 0.389. The molecule has 2 heterocycles. The molecular formula is C18H19ClN2O3S. The van der Waals surface area contributed by atoms with E-state index in [1.807, 2.05) is 0 Å². The van der Waals surface area contributed by atoms with E-state index in [4.69, 9.17) is 16.3 Å². The van der Waals surface area contributed by atoms with Crippen molar-refractivity contribution in [2.24, 2.45) is 5.92 Å². The van der Waals surface area contributed by atoms with Crippen molar-refractivity contribution < 1.29 is 14.3 Å². The predicted octanol–water partition coefficient (Wildman–Crippen LogP) is 4.35. The largest absolute Gasteiger partial charge is 0.462 e.